The van der Waals surface area contributed by atoms with Crippen LogP contribution in [0.2, 0.25) is 0 Å². The second-order valence-corrected chi connectivity index (χ2v) is 5.13. The van der Waals surface area contributed by atoms with Crippen molar-refractivity contribution in [1.82, 2.24) is 0 Å². The first-order valence-corrected chi connectivity index (χ1v) is 6.54. The molecule has 1 aliphatic heterocycles. The van der Waals surface area contributed by atoms with Crippen molar-refractivity contribution in [2.24, 2.45) is 0 Å². The molecule has 1 aromatic carbocycles. The second kappa shape index (κ2) is 4.91. The SMILES string of the molecule is C[C@@H]1CSCCN1c1cccc(F)c1[N+](=O)[O-]. The number of nitro groups is 1. The van der Waals surface area contributed by atoms with Gasteiger partial charge in [-0.15, -0.1) is 0 Å². The van der Waals surface area contributed by atoms with Gasteiger partial charge in [0.05, 0.1) is 4.92 Å². The van der Waals surface area contributed by atoms with E-state index in [4.69, 9.17) is 0 Å². The highest BCUT2D eigenvalue weighted by Crippen LogP contribution is 2.33. The Kier molecular flexibility index (Phi) is 3.51. The third-order valence-corrected chi connectivity index (χ3v) is 4.01. The smallest absolute Gasteiger partial charge is 0.327 e. The number of benzene rings is 1. The van der Waals surface area contributed by atoms with Crippen molar-refractivity contribution in [3.05, 3.63) is 34.1 Å². The lowest BCUT2D eigenvalue weighted by atomic mass is 10.2. The van der Waals surface area contributed by atoms with Crippen LogP contribution in [0.25, 0.3) is 0 Å². The van der Waals surface area contributed by atoms with Gasteiger partial charge < -0.3 is 4.90 Å². The van der Waals surface area contributed by atoms with Crippen LogP contribution in [0.4, 0.5) is 15.8 Å². The predicted molar refractivity (Wildman–Crippen MR) is 67.2 cm³/mol. The fourth-order valence-electron chi connectivity index (χ4n) is 2.00. The van der Waals surface area contributed by atoms with Crippen molar-refractivity contribution in [2.45, 2.75) is 13.0 Å². The van der Waals surface area contributed by atoms with E-state index in [1.807, 2.05) is 23.6 Å². The zero-order valence-electron chi connectivity index (χ0n) is 9.43. The van der Waals surface area contributed by atoms with Crippen molar-refractivity contribution in [1.29, 1.82) is 0 Å². The van der Waals surface area contributed by atoms with Gasteiger partial charge in [-0.25, -0.2) is 0 Å². The summed E-state index contributed by atoms with van der Waals surface area (Å²) in [4.78, 5) is 12.2. The number of thioether (sulfide) groups is 1. The molecule has 0 radical (unpaired) electrons. The Labute approximate surface area is 103 Å². The zero-order chi connectivity index (χ0) is 12.4. The molecule has 1 atom stereocenters. The minimum atomic E-state index is -0.766. The summed E-state index contributed by atoms with van der Waals surface area (Å²) in [5, 5.41) is 10.9. The lowest BCUT2D eigenvalue weighted by molar-refractivity contribution is -0.386. The van der Waals surface area contributed by atoms with Crippen molar-refractivity contribution in [3.8, 4) is 0 Å². The van der Waals surface area contributed by atoms with Gasteiger partial charge in [-0.2, -0.15) is 16.2 Å². The molecule has 0 saturated carbocycles. The number of nitro benzene ring substituents is 1. The van der Waals surface area contributed by atoms with Gasteiger partial charge in [-0.05, 0) is 19.1 Å². The predicted octanol–water partition coefficient (Wildman–Crippen LogP) is 2.68. The number of halogens is 1. The molecule has 1 heterocycles. The second-order valence-electron chi connectivity index (χ2n) is 3.98. The van der Waals surface area contributed by atoms with Crippen LogP contribution in [0, 0.1) is 15.9 Å². The summed E-state index contributed by atoms with van der Waals surface area (Å²) in [6.45, 7) is 2.72. The number of nitrogens with zero attached hydrogens (tertiary/aromatic N) is 2. The van der Waals surface area contributed by atoms with Gasteiger partial charge >= 0.3 is 5.69 Å². The van der Waals surface area contributed by atoms with Gasteiger partial charge in [0.2, 0.25) is 5.82 Å². The molecule has 1 aliphatic rings. The van der Waals surface area contributed by atoms with Gasteiger partial charge in [0.1, 0.15) is 5.69 Å². The zero-order valence-corrected chi connectivity index (χ0v) is 10.2. The summed E-state index contributed by atoms with van der Waals surface area (Å²) in [6.07, 6.45) is 0. The summed E-state index contributed by atoms with van der Waals surface area (Å²) in [5.41, 5.74) is -0.0194. The highest BCUT2D eigenvalue weighted by molar-refractivity contribution is 7.99. The van der Waals surface area contributed by atoms with Gasteiger partial charge in [0, 0.05) is 24.1 Å². The molecule has 1 aromatic rings. The molecular formula is C11H13FN2O2S. The number of rotatable bonds is 2. The van der Waals surface area contributed by atoms with Crippen molar-refractivity contribution in [2.75, 3.05) is 23.0 Å². The molecule has 92 valence electrons. The van der Waals surface area contributed by atoms with Crippen molar-refractivity contribution >= 4 is 23.1 Å². The molecule has 0 unspecified atom stereocenters. The van der Waals surface area contributed by atoms with E-state index in [2.05, 4.69) is 0 Å². The molecule has 1 saturated heterocycles. The Hall–Kier alpha value is -1.30. The molecule has 0 aliphatic carbocycles. The van der Waals surface area contributed by atoms with Gasteiger partial charge in [0.15, 0.2) is 0 Å². The van der Waals surface area contributed by atoms with Crippen LogP contribution in [0.5, 0.6) is 0 Å². The van der Waals surface area contributed by atoms with Crippen LogP contribution in [0.1, 0.15) is 6.92 Å². The lowest BCUT2D eigenvalue weighted by Crippen LogP contribution is -2.40. The minimum Gasteiger partial charge on any atom is -0.362 e. The monoisotopic (exact) mass is 256 g/mol. The first kappa shape index (κ1) is 12.2. The summed E-state index contributed by atoms with van der Waals surface area (Å²) in [7, 11) is 0. The normalized spacial score (nSPS) is 20.4. The lowest BCUT2D eigenvalue weighted by Gasteiger charge is -2.34. The third kappa shape index (κ3) is 2.36. The standard InChI is InChI=1S/C11H13FN2O2S/c1-8-7-17-6-5-13(8)10-4-2-3-9(12)11(10)14(15)16/h2-4,8H,5-7H2,1H3/t8-/m1/s1. The number of para-hydroxylation sites is 1. The van der Waals surface area contributed by atoms with Crippen LogP contribution in [-0.4, -0.2) is 29.0 Å². The van der Waals surface area contributed by atoms with Gasteiger partial charge in [0.25, 0.3) is 0 Å². The molecule has 0 bridgehead atoms. The topological polar surface area (TPSA) is 46.4 Å². The average Bonchev–Trinajstić information content (AvgIpc) is 2.28. The molecule has 0 N–H and O–H groups in total. The molecule has 17 heavy (non-hydrogen) atoms. The maximum Gasteiger partial charge on any atom is 0.327 e. The summed E-state index contributed by atoms with van der Waals surface area (Å²) in [6, 6.07) is 4.46. The molecule has 4 nitrogen and oxygen atoms in total. The molecule has 0 spiro atoms. The maximum absolute atomic E-state index is 13.5. The fraction of sp³-hybridized carbons (Fsp3) is 0.455. The van der Waals surface area contributed by atoms with E-state index in [1.165, 1.54) is 6.07 Å². The van der Waals surface area contributed by atoms with Crippen LogP contribution < -0.4 is 4.90 Å². The van der Waals surface area contributed by atoms with Crippen LogP contribution in [0.15, 0.2) is 18.2 Å². The highest BCUT2D eigenvalue weighted by atomic mass is 32.2. The highest BCUT2D eigenvalue weighted by Gasteiger charge is 2.28. The first-order chi connectivity index (χ1) is 8.11. The maximum atomic E-state index is 13.5. The first-order valence-electron chi connectivity index (χ1n) is 5.38. The summed E-state index contributed by atoms with van der Waals surface area (Å²) in [5.74, 6) is 1.06. The molecular weight excluding hydrogens is 243 g/mol. The van der Waals surface area contributed by atoms with E-state index in [1.54, 1.807) is 6.07 Å². The van der Waals surface area contributed by atoms with Crippen LogP contribution in [0.3, 0.4) is 0 Å². The van der Waals surface area contributed by atoms with E-state index in [0.717, 1.165) is 24.1 Å². The summed E-state index contributed by atoms with van der Waals surface area (Å²) < 4.78 is 13.5. The Balaban J connectivity index is 2.43. The molecule has 1 fully saturated rings. The van der Waals surface area contributed by atoms with E-state index in [-0.39, 0.29) is 6.04 Å². The van der Waals surface area contributed by atoms with E-state index in [9.17, 15) is 14.5 Å². The fourth-order valence-corrected chi connectivity index (χ4v) is 3.02. The molecule has 0 amide bonds. The average molecular weight is 256 g/mol. The Bertz CT molecular complexity index is 441. The number of hydrogen-bond donors (Lipinski definition) is 0. The minimum absolute atomic E-state index is 0.189. The quantitative estimate of drug-likeness (QED) is 0.603. The van der Waals surface area contributed by atoms with Crippen LogP contribution in [-0.2, 0) is 0 Å². The summed E-state index contributed by atoms with van der Waals surface area (Å²) >= 11 is 1.81. The van der Waals surface area contributed by atoms with E-state index >= 15 is 0 Å². The number of hydrogen-bond acceptors (Lipinski definition) is 4. The molecule has 2 rings (SSSR count). The molecule has 0 aromatic heterocycles. The Morgan fingerprint density at radius 2 is 2.35 bits per heavy atom. The van der Waals surface area contributed by atoms with Crippen molar-refractivity contribution < 1.29 is 9.31 Å². The number of anilines is 1. The molecule has 6 heteroatoms. The van der Waals surface area contributed by atoms with E-state index < -0.39 is 16.4 Å². The van der Waals surface area contributed by atoms with Gasteiger partial charge in [-0.3, -0.25) is 10.1 Å². The van der Waals surface area contributed by atoms with E-state index in [0.29, 0.717) is 5.69 Å². The Morgan fingerprint density at radius 1 is 1.59 bits per heavy atom. The van der Waals surface area contributed by atoms with Gasteiger partial charge in [-0.1, -0.05) is 6.07 Å². The van der Waals surface area contributed by atoms with Crippen molar-refractivity contribution in [3.63, 3.8) is 0 Å². The van der Waals surface area contributed by atoms with Crippen LogP contribution >= 0.6 is 11.8 Å². The largest absolute Gasteiger partial charge is 0.362 e. The Morgan fingerprint density at radius 3 is 3.00 bits per heavy atom. The third-order valence-electron chi connectivity index (χ3n) is 2.83.